The summed E-state index contributed by atoms with van der Waals surface area (Å²) in [7, 11) is 0. The summed E-state index contributed by atoms with van der Waals surface area (Å²) in [4.78, 5) is 46.5. The van der Waals surface area contributed by atoms with Crippen LogP contribution in [0.1, 0.15) is 19.3 Å². The van der Waals surface area contributed by atoms with Crippen LogP contribution in [-0.4, -0.2) is 58.7 Å². The minimum atomic E-state index is -2.96. The Kier molecular flexibility index (Phi) is 6.95. The zero-order valence-electron chi connectivity index (χ0n) is 19.7. The van der Waals surface area contributed by atoms with Gasteiger partial charge in [-0.15, -0.1) is 0 Å². The maximum Gasteiger partial charge on any atom is 0.387 e. The fourth-order valence-corrected chi connectivity index (χ4v) is 4.42. The highest BCUT2D eigenvalue weighted by atomic mass is 19.3. The van der Waals surface area contributed by atoms with Crippen molar-refractivity contribution in [3.05, 3.63) is 46.9 Å². The number of fused-ring (bicyclic) bond motifs is 2. The van der Waals surface area contributed by atoms with Crippen LogP contribution in [0.2, 0.25) is 0 Å². The molecular formula is C24H24F2N6O5. The lowest BCUT2D eigenvalue weighted by Crippen LogP contribution is -2.34. The van der Waals surface area contributed by atoms with E-state index in [0.29, 0.717) is 67.3 Å². The van der Waals surface area contributed by atoms with Crippen LogP contribution in [0.25, 0.3) is 11.0 Å². The van der Waals surface area contributed by atoms with Crippen LogP contribution in [0, 0.1) is 0 Å². The Morgan fingerprint density at radius 3 is 2.89 bits per heavy atom. The second-order valence-electron chi connectivity index (χ2n) is 8.70. The quantitative estimate of drug-likeness (QED) is 0.415. The van der Waals surface area contributed by atoms with Gasteiger partial charge in [0.2, 0.25) is 5.91 Å². The molecule has 2 N–H and O–H groups in total. The summed E-state index contributed by atoms with van der Waals surface area (Å²) in [5.74, 6) is 0.786. The number of alkyl halides is 2. The summed E-state index contributed by atoms with van der Waals surface area (Å²) in [6, 6.07) is 7.60. The van der Waals surface area contributed by atoms with Gasteiger partial charge in [-0.3, -0.25) is 19.3 Å². The Bertz CT molecular complexity index is 1400. The molecule has 0 bridgehead atoms. The molecule has 0 spiro atoms. The molecule has 4 heterocycles. The molecule has 1 atom stereocenters. The van der Waals surface area contributed by atoms with Crippen LogP contribution in [0.4, 0.5) is 20.4 Å². The first-order valence-corrected chi connectivity index (χ1v) is 11.8. The highest BCUT2D eigenvalue weighted by Crippen LogP contribution is 2.30. The average Bonchev–Trinajstić information content (AvgIpc) is 3.24. The van der Waals surface area contributed by atoms with E-state index in [4.69, 9.17) is 4.74 Å². The number of halogens is 2. The van der Waals surface area contributed by atoms with E-state index in [1.54, 1.807) is 17.0 Å². The van der Waals surface area contributed by atoms with Crippen molar-refractivity contribution in [3.8, 4) is 11.5 Å². The first-order chi connectivity index (χ1) is 17.9. The highest BCUT2D eigenvalue weighted by molar-refractivity contribution is 5.97. The fraction of sp³-hybridized carbons (Fsp3) is 0.375. The zero-order valence-corrected chi connectivity index (χ0v) is 19.7. The molecule has 2 aromatic heterocycles. The second kappa shape index (κ2) is 10.5. The van der Waals surface area contributed by atoms with E-state index < -0.39 is 6.61 Å². The van der Waals surface area contributed by atoms with Gasteiger partial charge >= 0.3 is 6.61 Å². The number of carbonyl (C=O) groups excluding carboxylic acids is 2. The number of aryl methyl sites for hydroxylation is 1. The number of aromatic nitrogens is 3. The number of rotatable bonds is 9. The summed E-state index contributed by atoms with van der Waals surface area (Å²) in [5, 5.41) is 6.00. The molecule has 0 saturated carbocycles. The molecule has 11 nitrogen and oxygen atoms in total. The number of ether oxygens (including phenoxy) is 2. The fourth-order valence-electron chi connectivity index (χ4n) is 4.42. The molecule has 5 rings (SSSR count). The van der Waals surface area contributed by atoms with Gasteiger partial charge in [-0.25, -0.2) is 9.97 Å². The molecule has 0 unspecified atom stereocenters. The lowest BCUT2D eigenvalue weighted by atomic mass is 10.2. The van der Waals surface area contributed by atoms with Crippen LogP contribution in [0.15, 0.2) is 41.3 Å². The molecule has 37 heavy (non-hydrogen) atoms. The van der Waals surface area contributed by atoms with Gasteiger partial charge in [-0.1, -0.05) is 0 Å². The van der Waals surface area contributed by atoms with E-state index >= 15 is 0 Å². The highest BCUT2D eigenvalue weighted by Gasteiger charge is 2.32. The van der Waals surface area contributed by atoms with Crippen LogP contribution in [-0.2, 0) is 16.1 Å². The van der Waals surface area contributed by atoms with Gasteiger partial charge in [-0.2, -0.15) is 8.78 Å². The first-order valence-electron chi connectivity index (χ1n) is 11.8. The third kappa shape index (κ3) is 5.50. The molecule has 13 heteroatoms. The molecule has 1 saturated heterocycles. The number of hydrogen-bond acceptors (Lipinski definition) is 8. The SMILES string of the molecule is O=C1COc2ccc(N3C[C@H](NCCCCn4c(=O)cnc5ccc(OC(F)F)cc54)CC3=O)nc2N1. The standard InChI is InChI=1S/C24H24F2N6O5/c25-24(26)37-15-3-4-16-17(10-15)31(22(35)11-28-16)8-2-1-7-27-14-9-21(34)32(12-14)19-6-5-18-23(29-19)30-20(33)13-36-18/h3-6,10-11,14,24,27H,1-2,7-9,12-13H2,(H,29,30,33)/t14-/m1/s1. The predicted octanol–water partition coefficient (Wildman–Crippen LogP) is 1.90. The number of hydrogen-bond donors (Lipinski definition) is 2. The number of nitrogens with one attached hydrogen (secondary N) is 2. The van der Waals surface area contributed by atoms with Gasteiger partial charge in [0.15, 0.2) is 18.2 Å². The summed E-state index contributed by atoms with van der Waals surface area (Å²) < 4.78 is 36.4. The van der Waals surface area contributed by atoms with Crippen molar-refractivity contribution in [2.45, 2.75) is 38.5 Å². The second-order valence-corrected chi connectivity index (χ2v) is 8.70. The average molecular weight is 514 g/mol. The number of unbranched alkanes of at least 4 members (excludes halogenated alkanes) is 1. The Labute approximate surface area is 209 Å². The van der Waals surface area contributed by atoms with Crippen molar-refractivity contribution in [2.75, 3.05) is 29.9 Å². The molecule has 2 aliphatic heterocycles. The minimum absolute atomic E-state index is 0.0379. The number of benzene rings is 1. The normalized spacial score (nSPS) is 17.2. The third-order valence-corrected chi connectivity index (χ3v) is 6.15. The molecule has 3 aromatic rings. The predicted molar refractivity (Wildman–Crippen MR) is 129 cm³/mol. The van der Waals surface area contributed by atoms with Crippen molar-refractivity contribution < 1.29 is 27.8 Å². The van der Waals surface area contributed by atoms with Crippen LogP contribution in [0.5, 0.6) is 11.5 Å². The van der Waals surface area contributed by atoms with Crippen molar-refractivity contribution >= 4 is 34.5 Å². The van der Waals surface area contributed by atoms with Crippen molar-refractivity contribution in [2.24, 2.45) is 0 Å². The Morgan fingerprint density at radius 1 is 1.19 bits per heavy atom. The minimum Gasteiger partial charge on any atom is -0.480 e. The molecule has 1 aromatic carbocycles. The van der Waals surface area contributed by atoms with Gasteiger partial charge in [0.1, 0.15) is 11.6 Å². The lowest BCUT2D eigenvalue weighted by molar-refractivity contribution is -0.118. The smallest absolute Gasteiger partial charge is 0.387 e. The van der Waals surface area contributed by atoms with Gasteiger partial charge in [0.05, 0.1) is 17.2 Å². The van der Waals surface area contributed by atoms with E-state index in [1.807, 2.05) is 0 Å². The lowest BCUT2D eigenvalue weighted by Gasteiger charge is -2.21. The molecule has 0 radical (unpaired) electrons. The van der Waals surface area contributed by atoms with E-state index in [0.717, 1.165) is 0 Å². The summed E-state index contributed by atoms with van der Waals surface area (Å²) in [6.07, 6.45) is 2.87. The number of nitrogens with zero attached hydrogens (tertiary/aromatic N) is 4. The Hall–Kier alpha value is -4.13. The third-order valence-electron chi connectivity index (χ3n) is 6.15. The Morgan fingerprint density at radius 2 is 2.05 bits per heavy atom. The number of anilines is 2. The van der Waals surface area contributed by atoms with Crippen molar-refractivity contribution in [3.63, 3.8) is 0 Å². The zero-order chi connectivity index (χ0) is 25.9. The molecular weight excluding hydrogens is 490 g/mol. The Balaban J connectivity index is 1.14. The summed E-state index contributed by atoms with van der Waals surface area (Å²) >= 11 is 0. The van der Waals surface area contributed by atoms with Crippen LogP contribution in [0.3, 0.4) is 0 Å². The first kappa shape index (κ1) is 24.6. The largest absolute Gasteiger partial charge is 0.480 e. The topological polar surface area (TPSA) is 128 Å². The maximum absolute atomic E-state index is 12.6. The molecule has 2 aliphatic rings. The number of pyridine rings is 1. The monoisotopic (exact) mass is 514 g/mol. The maximum atomic E-state index is 12.6. The van der Waals surface area contributed by atoms with E-state index in [2.05, 4.69) is 25.3 Å². The van der Waals surface area contributed by atoms with E-state index in [9.17, 15) is 23.2 Å². The number of amides is 2. The van der Waals surface area contributed by atoms with Gasteiger partial charge in [0, 0.05) is 31.6 Å². The number of carbonyl (C=O) groups is 2. The molecule has 1 fully saturated rings. The van der Waals surface area contributed by atoms with Gasteiger partial charge in [0.25, 0.3) is 11.5 Å². The molecule has 2 amide bonds. The summed E-state index contributed by atoms with van der Waals surface area (Å²) in [6.45, 7) is -1.61. The van der Waals surface area contributed by atoms with Crippen molar-refractivity contribution in [1.29, 1.82) is 0 Å². The van der Waals surface area contributed by atoms with Crippen LogP contribution < -0.4 is 30.6 Å². The van der Waals surface area contributed by atoms with Crippen LogP contribution >= 0.6 is 0 Å². The van der Waals surface area contributed by atoms with E-state index in [1.165, 1.54) is 29.0 Å². The van der Waals surface area contributed by atoms with Gasteiger partial charge in [-0.05, 0) is 43.7 Å². The molecule has 0 aliphatic carbocycles. The van der Waals surface area contributed by atoms with E-state index in [-0.39, 0.29) is 35.8 Å². The molecule has 194 valence electrons. The van der Waals surface area contributed by atoms with Gasteiger partial charge < -0.3 is 24.7 Å². The summed E-state index contributed by atoms with van der Waals surface area (Å²) in [5.41, 5.74) is 0.603. The van der Waals surface area contributed by atoms with Crippen molar-refractivity contribution in [1.82, 2.24) is 19.9 Å².